The summed E-state index contributed by atoms with van der Waals surface area (Å²) in [6, 6.07) is 3.91. The second-order valence-corrected chi connectivity index (χ2v) is 4.01. The molecule has 0 saturated carbocycles. The maximum atomic E-state index is 8.74. The summed E-state index contributed by atoms with van der Waals surface area (Å²) in [7, 11) is 0. The minimum Gasteiger partial charge on any atom is -0.475 e. The van der Waals surface area contributed by atoms with Crippen molar-refractivity contribution in [2.24, 2.45) is 0 Å². The van der Waals surface area contributed by atoms with Gasteiger partial charge < -0.3 is 19.5 Å². The molecule has 0 amide bonds. The van der Waals surface area contributed by atoms with Crippen LogP contribution in [-0.2, 0) is 4.74 Å². The van der Waals surface area contributed by atoms with Gasteiger partial charge in [0, 0.05) is 19.2 Å². The normalized spacial score (nSPS) is 16.0. The highest BCUT2D eigenvalue weighted by molar-refractivity contribution is 5.44. The number of morpholine rings is 1. The molecule has 94 valence electrons. The van der Waals surface area contributed by atoms with E-state index in [-0.39, 0.29) is 13.2 Å². The van der Waals surface area contributed by atoms with Gasteiger partial charge in [0.25, 0.3) is 0 Å². The Morgan fingerprint density at radius 1 is 1.41 bits per heavy atom. The van der Waals surface area contributed by atoms with Crippen LogP contribution < -0.4 is 9.64 Å². The van der Waals surface area contributed by atoms with Crippen LogP contribution in [-0.4, -0.2) is 49.6 Å². The third-order valence-corrected chi connectivity index (χ3v) is 2.61. The van der Waals surface area contributed by atoms with Crippen LogP contribution in [0.1, 0.15) is 5.56 Å². The Balaban J connectivity index is 2.12. The number of nitrogens with zero attached hydrogens (tertiary/aromatic N) is 2. The molecule has 0 radical (unpaired) electrons. The number of aryl methyl sites for hydroxylation is 1. The van der Waals surface area contributed by atoms with Crippen LogP contribution in [0.5, 0.6) is 5.88 Å². The molecule has 5 heteroatoms. The molecule has 0 unspecified atom stereocenters. The molecule has 1 aliphatic heterocycles. The van der Waals surface area contributed by atoms with Crippen molar-refractivity contribution in [2.75, 3.05) is 44.4 Å². The van der Waals surface area contributed by atoms with E-state index in [9.17, 15) is 0 Å². The average Bonchev–Trinajstić information content (AvgIpc) is 2.37. The molecule has 0 spiro atoms. The molecule has 2 heterocycles. The standard InChI is InChI=1S/C12H18N2O3/c1-10-8-11(14-2-5-16-6-3-14)13-12(9-10)17-7-4-15/h8-9,15H,2-7H2,1H3. The van der Waals surface area contributed by atoms with Gasteiger partial charge in [-0.1, -0.05) is 0 Å². The largest absolute Gasteiger partial charge is 0.475 e. The maximum Gasteiger partial charge on any atom is 0.215 e. The lowest BCUT2D eigenvalue weighted by molar-refractivity contribution is 0.122. The SMILES string of the molecule is Cc1cc(OCCO)nc(N2CCOCC2)c1. The van der Waals surface area contributed by atoms with Gasteiger partial charge >= 0.3 is 0 Å². The zero-order chi connectivity index (χ0) is 12.1. The van der Waals surface area contributed by atoms with Gasteiger partial charge in [0.05, 0.1) is 19.8 Å². The van der Waals surface area contributed by atoms with Crippen LogP contribution in [0.3, 0.4) is 0 Å². The highest BCUT2D eigenvalue weighted by atomic mass is 16.5. The molecule has 5 nitrogen and oxygen atoms in total. The molecule has 0 aliphatic carbocycles. The summed E-state index contributed by atoms with van der Waals surface area (Å²) in [6.07, 6.45) is 0. The highest BCUT2D eigenvalue weighted by Gasteiger charge is 2.13. The molecular weight excluding hydrogens is 220 g/mol. The van der Waals surface area contributed by atoms with Crippen molar-refractivity contribution in [3.05, 3.63) is 17.7 Å². The zero-order valence-corrected chi connectivity index (χ0v) is 10.1. The lowest BCUT2D eigenvalue weighted by Crippen LogP contribution is -2.36. The Kier molecular flexibility index (Phi) is 4.17. The molecule has 17 heavy (non-hydrogen) atoms. The van der Waals surface area contributed by atoms with E-state index in [1.807, 2.05) is 19.1 Å². The first-order valence-electron chi connectivity index (χ1n) is 5.84. The number of hydrogen-bond acceptors (Lipinski definition) is 5. The molecule has 1 N–H and O–H groups in total. The van der Waals surface area contributed by atoms with Crippen LogP contribution in [0.15, 0.2) is 12.1 Å². The number of hydrogen-bond donors (Lipinski definition) is 1. The Hall–Kier alpha value is -1.33. The molecular formula is C12H18N2O3. The lowest BCUT2D eigenvalue weighted by atomic mass is 10.2. The van der Waals surface area contributed by atoms with E-state index in [1.54, 1.807) is 0 Å². The fraction of sp³-hybridized carbons (Fsp3) is 0.583. The van der Waals surface area contributed by atoms with Crippen molar-refractivity contribution < 1.29 is 14.6 Å². The van der Waals surface area contributed by atoms with E-state index >= 15 is 0 Å². The van der Waals surface area contributed by atoms with Gasteiger partial charge in [-0.05, 0) is 18.6 Å². The molecule has 1 aromatic heterocycles. The summed E-state index contributed by atoms with van der Waals surface area (Å²) in [4.78, 5) is 6.61. The summed E-state index contributed by atoms with van der Waals surface area (Å²) in [5.41, 5.74) is 1.11. The Morgan fingerprint density at radius 2 is 2.18 bits per heavy atom. The first-order valence-corrected chi connectivity index (χ1v) is 5.84. The topological polar surface area (TPSA) is 54.8 Å². The quantitative estimate of drug-likeness (QED) is 0.832. The molecule has 0 bridgehead atoms. The summed E-state index contributed by atoms with van der Waals surface area (Å²) >= 11 is 0. The third kappa shape index (κ3) is 3.31. The first kappa shape index (κ1) is 12.1. The fourth-order valence-electron chi connectivity index (χ4n) is 1.80. The second kappa shape index (κ2) is 5.84. The van der Waals surface area contributed by atoms with E-state index in [0.717, 1.165) is 37.7 Å². The molecule has 0 atom stereocenters. The Labute approximate surface area is 101 Å². The number of rotatable bonds is 4. The van der Waals surface area contributed by atoms with Crippen LogP contribution in [0.2, 0.25) is 0 Å². The maximum absolute atomic E-state index is 8.74. The zero-order valence-electron chi connectivity index (χ0n) is 10.1. The highest BCUT2D eigenvalue weighted by Crippen LogP contribution is 2.19. The van der Waals surface area contributed by atoms with E-state index in [2.05, 4.69) is 9.88 Å². The van der Waals surface area contributed by atoms with Crippen LogP contribution in [0.4, 0.5) is 5.82 Å². The fourth-order valence-corrected chi connectivity index (χ4v) is 1.80. The minimum absolute atomic E-state index is 0.00249. The van der Waals surface area contributed by atoms with Gasteiger partial charge in [-0.2, -0.15) is 4.98 Å². The van der Waals surface area contributed by atoms with E-state index in [1.165, 1.54) is 0 Å². The predicted octanol–water partition coefficient (Wildman–Crippen LogP) is 0.598. The number of aromatic nitrogens is 1. The van der Waals surface area contributed by atoms with Gasteiger partial charge in [0.2, 0.25) is 5.88 Å². The van der Waals surface area contributed by atoms with Gasteiger partial charge in [-0.15, -0.1) is 0 Å². The van der Waals surface area contributed by atoms with Crippen LogP contribution in [0, 0.1) is 6.92 Å². The monoisotopic (exact) mass is 238 g/mol. The average molecular weight is 238 g/mol. The van der Waals surface area contributed by atoms with Crippen LogP contribution in [0.25, 0.3) is 0 Å². The number of aliphatic hydroxyl groups is 1. The van der Waals surface area contributed by atoms with E-state index in [0.29, 0.717) is 5.88 Å². The second-order valence-electron chi connectivity index (χ2n) is 4.01. The van der Waals surface area contributed by atoms with Gasteiger partial charge in [-0.3, -0.25) is 0 Å². The van der Waals surface area contributed by atoms with Crippen molar-refractivity contribution in [1.82, 2.24) is 4.98 Å². The smallest absolute Gasteiger partial charge is 0.215 e. The summed E-state index contributed by atoms with van der Waals surface area (Å²) in [5.74, 6) is 1.49. The molecule has 1 aromatic rings. The number of ether oxygens (including phenoxy) is 2. The number of pyridine rings is 1. The van der Waals surface area contributed by atoms with Gasteiger partial charge in [0.15, 0.2) is 0 Å². The molecule has 2 rings (SSSR count). The number of anilines is 1. The third-order valence-electron chi connectivity index (χ3n) is 2.61. The number of aliphatic hydroxyl groups excluding tert-OH is 1. The van der Waals surface area contributed by atoms with E-state index in [4.69, 9.17) is 14.6 Å². The minimum atomic E-state index is 0.00249. The molecule has 1 aliphatic rings. The molecule has 1 saturated heterocycles. The lowest BCUT2D eigenvalue weighted by Gasteiger charge is -2.28. The Morgan fingerprint density at radius 3 is 2.88 bits per heavy atom. The summed E-state index contributed by atoms with van der Waals surface area (Å²) in [6.45, 7) is 5.48. The first-order chi connectivity index (χ1) is 8.29. The van der Waals surface area contributed by atoms with Crippen molar-refractivity contribution in [2.45, 2.75) is 6.92 Å². The van der Waals surface area contributed by atoms with Crippen molar-refractivity contribution in [3.63, 3.8) is 0 Å². The predicted molar refractivity (Wildman–Crippen MR) is 64.6 cm³/mol. The van der Waals surface area contributed by atoms with Crippen molar-refractivity contribution in [3.8, 4) is 5.88 Å². The molecule has 1 fully saturated rings. The molecule has 0 aromatic carbocycles. The van der Waals surface area contributed by atoms with Gasteiger partial charge in [-0.25, -0.2) is 0 Å². The van der Waals surface area contributed by atoms with Crippen molar-refractivity contribution in [1.29, 1.82) is 0 Å². The van der Waals surface area contributed by atoms with Gasteiger partial charge in [0.1, 0.15) is 12.4 Å². The van der Waals surface area contributed by atoms with E-state index < -0.39 is 0 Å². The van der Waals surface area contributed by atoms with Crippen molar-refractivity contribution >= 4 is 5.82 Å². The van der Waals surface area contributed by atoms with Crippen LogP contribution >= 0.6 is 0 Å². The Bertz CT molecular complexity index is 365. The summed E-state index contributed by atoms with van der Waals surface area (Å²) < 4.78 is 10.7. The summed E-state index contributed by atoms with van der Waals surface area (Å²) in [5, 5.41) is 8.74.